The lowest BCUT2D eigenvalue weighted by Gasteiger charge is -2.10. The Morgan fingerprint density at radius 2 is 1.79 bits per heavy atom. The molecule has 0 atom stereocenters. The number of halogens is 3. The minimum absolute atomic E-state index is 0.0549. The second-order valence-corrected chi connectivity index (χ2v) is 3.59. The van der Waals surface area contributed by atoms with Crippen LogP contribution >= 0.6 is 0 Å². The fraction of sp³-hybridized carbons (Fsp3) is 0.333. The molecule has 0 amide bonds. The lowest BCUT2D eigenvalue weighted by molar-refractivity contribution is -0.170. The number of hydrogen-bond acceptors (Lipinski definition) is 4. The Morgan fingerprint density at radius 3 is 2.26 bits per heavy atom. The zero-order valence-corrected chi connectivity index (χ0v) is 10.2. The molecule has 1 rings (SSSR count). The first kappa shape index (κ1) is 15.0. The molecule has 0 aliphatic carbocycles. The number of ketones is 2. The molecule has 0 aromatic heterocycles. The van der Waals surface area contributed by atoms with Crippen molar-refractivity contribution in [3.05, 3.63) is 23.8 Å². The number of Topliss-reactive ketones (excluding diaryl/α,β-unsaturated/α-hetero) is 2. The van der Waals surface area contributed by atoms with E-state index < -0.39 is 24.2 Å². The van der Waals surface area contributed by atoms with Gasteiger partial charge in [-0.2, -0.15) is 13.2 Å². The Balaban J connectivity index is 2.97. The molecule has 1 aromatic carbocycles. The third-order valence-electron chi connectivity index (χ3n) is 2.35. The zero-order chi connectivity index (χ0) is 14.6. The summed E-state index contributed by atoms with van der Waals surface area (Å²) in [4.78, 5) is 22.4. The highest BCUT2D eigenvalue weighted by Crippen LogP contribution is 2.27. The summed E-state index contributed by atoms with van der Waals surface area (Å²) in [6.45, 7) is 0. The SMILES string of the molecule is COc1ccc(C(=O)CC(=O)C(F)(F)F)c(OC)c1. The molecule has 0 saturated carbocycles. The highest BCUT2D eigenvalue weighted by atomic mass is 19.4. The third-order valence-corrected chi connectivity index (χ3v) is 2.35. The van der Waals surface area contributed by atoms with Gasteiger partial charge in [-0.05, 0) is 12.1 Å². The van der Waals surface area contributed by atoms with E-state index in [0.717, 1.165) is 0 Å². The van der Waals surface area contributed by atoms with Crippen LogP contribution in [-0.2, 0) is 4.79 Å². The van der Waals surface area contributed by atoms with Crippen molar-refractivity contribution in [1.29, 1.82) is 0 Å². The Hall–Kier alpha value is -2.05. The minimum Gasteiger partial charge on any atom is -0.497 e. The maximum Gasteiger partial charge on any atom is 0.450 e. The third kappa shape index (κ3) is 3.70. The van der Waals surface area contributed by atoms with E-state index in [0.29, 0.717) is 5.75 Å². The monoisotopic (exact) mass is 276 g/mol. The largest absolute Gasteiger partial charge is 0.497 e. The molecule has 104 valence electrons. The van der Waals surface area contributed by atoms with E-state index in [1.807, 2.05) is 0 Å². The van der Waals surface area contributed by atoms with Crippen molar-refractivity contribution in [1.82, 2.24) is 0 Å². The average molecular weight is 276 g/mol. The van der Waals surface area contributed by atoms with Crippen LogP contribution in [0, 0.1) is 0 Å². The first-order valence-corrected chi connectivity index (χ1v) is 5.15. The van der Waals surface area contributed by atoms with Crippen LogP contribution < -0.4 is 9.47 Å². The summed E-state index contributed by atoms with van der Waals surface area (Å²) in [5, 5.41) is 0. The fourth-order valence-corrected chi connectivity index (χ4v) is 1.37. The Bertz CT molecular complexity index is 494. The van der Waals surface area contributed by atoms with E-state index >= 15 is 0 Å². The summed E-state index contributed by atoms with van der Waals surface area (Å²) in [5.41, 5.74) is -0.0964. The molecular formula is C12H11F3O4. The Labute approximate surface area is 107 Å². The summed E-state index contributed by atoms with van der Waals surface area (Å²) in [6, 6.07) is 4.00. The highest BCUT2D eigenvalue weighted by Gasteiger charge is 2.39. The van der Waals surface area contributed by atoms with Crippen LogP contribution in [0.25, 0.3) is 0 Å². The second-order valence-electron chi connectivity index (χ2n) is 3.59. The van der Waals surface area contributed by atoms with Crippen molar-refractivity contribution in [3.63, 3.8) is 0 Å². The number of hydrogen-bond donors (Lipinski definition) is 0. The van der Waals surface area contributed by atoms with Gasteiger partial charge in [-0.25, -0.2) is 0 Å². The van der Waals surface area contributed by atoms with Gasteiger partial charge in [0, 0.05) is 6.07 Å². The van der Waals surface area contributed by atoms with Crippen LogP contribution in [0.5, 0.6) is 11.5 Å². The van der Waals surface area contributed by atoms with E-state index in [1.54, 1.807) is 0 Å². The molecule has 0 aliphatic heterocycles. The first-order chi connectivity index (χ1) is 8.79. The lowest BCUT2D eigenvalue weighted by Crippen LogP contribution is -2.25. The van der Waals surface area contributed by atoms with E-state index in [2.05, 4.69) is 0 Å². The van der Waals surface area contributed by atoms with Gasteiger partial charge < -0.3 is 9.47 Å². The molecule has 7 heteroatoms. The number of alkyl halides is 3. The maximum atomic E-state index is 12.1. The van der Waals surface area contributed by atoms with Crippen LogP contribution in [0.4, 0.5) is 13.2 Å². The normalized spacial score (nSPS) is 11.0. The Kier molecular flexibility index (Phi) is 4.52. The van der Waals surface area contributed by atoms with Gasteiger partial charge in [0.2, 0.25) is 5.78 Å². The molecular weight excluding hydrogens is 265 g/mol. The van der Waals surface area contributed by atoms with Crippen molar-refractivity contribution < 1.29 is 32.2 Å². The van der Waals surface area contributed by atoms with Crippen molar-refractivity contribution in [2.75, 3.05) is 14.2 Å². The molecule has 0 spiro atoms. The van der Waals surface area contributed by atoms with Gasteiger partial charge in [-0.15, -0.1) is 0 Å². The molecule has 0 radical (unpaired) electrons. The molecule has 0 N–H and O–H groups in total. The van der Waals surface area contributed by atoms with Crippen LogP contribution in [-0.4, -0.2) is 32.0 Å². The predicted molar refractivity (Wildman–Crippen MR) is 59.6 cm³/mol. The number of benzene rings is 1. The topological polar surface area (TPSA) is 52.6 Å². The van der Waals surface area contributed by atoms with Crippen molar-refractivity contribution in [2.24, 2.45) is 0 Å². The minimum atomic E-state index is -5.02. The van der Waals surface area contributed by atoms with Gasteiger partial charge in [0.15, 0.2) is 5.78 Å². The van der Waals surface area contributed by atoms with E-state index in [4.69, 9.17) is 9.47 Å². The van der Waals surface area contributed by atoms with Gasteiger partial charge in [0.1, 0.15) is 11.5 Å². The van der Waals surface area contributed by atoms with E-state index in [-0.39, 0.29) is 11.3 Å². The molecule has 4 nitrogen and oxygen atoms in total. The van der Waals surface area contributed by atoms with Gasteiger partial charge in [0.25, 0.3) is 0 Å². The number of rotatable bonds is 5. The number of ether oxygens (including phenoxy) is 2. The summed E-state index contributed by atoms with van der Waals surface area (Å²) in [5.74, 6) is -2.60. The summed E-state index contributed by atoms with van der Waals surface area (Å²) < 4.78 is 46.0. The standard InChI is InChI=1S/C12H11F3O4/c1-18-7-3-4-8(10(5-7)19-2)9(16)6-11(17)12(13,14)15/h3-5H,6H2,1-2H3. The lowest BCUT2D eigenvalue weighted by atomic mass is 10.0. The van der Waals surface area contributed by atoms with Crippen LogP contribution in [0.3, 0.4) is 0 Å². The van der Waals surface area contributed by atoms with Crippen molar-refractivity contribution in [2.45, 2.75) is 12.6 Å². The summed E-state index contributed by atoms with van der Waals surface area (Å²) >= 11 is 0. The zero-order valence-electron chi connectivity index (χ0n) is 10.2. The molecule has 0 heterocycles. The average Bonchev–Trinajstić information content (AvgIpc) is 2.36. The van der Waals surface area contributed by atoms with Crippen LogP contribution in [0.15, 0.2) is 18.2 Å². The molecule has 0 saturated heterocycles. The smallest absolute Gasteiger partial charge is 0.450 e. The fourth-order valence-electron chi connectivity index (χ4n) is 1.37. The number of carbonyl (C=O) groups excluding carboxylic acids is 2. The van der Waals surface area contributed by atoms with Gasteiger partial charge >= 0.3 is 6.18 Å². The van der Waals surface area contributed by atoms with Gasteiger partial charge in [-0.3, -0.25) is 9.59 Å². The molecule has 0 bridgehead atoms. The number of carbonyl (C=O) groups is 2. The van der Waals surface area contributed by atoms with Crippen molar-refractivity contribution >= 4 is 11.6 Å². The highest BCUT2D eigenvalue weighted by molar-refractivity contribution is 6.10. The van der Waals surface area contributed by atoms with E-state index in [9.17, 15) is 22.8 Å². The quantitative estimate of drug-likeness (QED) is 0.612. The Morgan fingerprint density at radius 1 is 1.16 bits per heavy atom. The second kappa shape index (κ2) is 5.73. The molecule has 0 aliphatic rings. The molecule has 19 heavy (non-hydrogen) atoms. The van der Waals surface area contributed by atoms with E-state index in [1.165, 1.54) is 32.4 Å². The summed E-state index contributed by atoms with van der Waals surface area (Å²) in [6.07, 6.45) is -6.26. The molecule has 0 fully saturated rings. The van der Waals surface area contributed by atoms with Crippen LogP contribution in [0.1, 0.15) is 16.8 Å². The number of methoxy groups -OCH3 is 2. The predicted octanol–water partition coefficient (Wildman–Crippen LogP) is 2.41. The van der Waals surface area contributed by atoms with Gasteiger partial charge in [0.05, 0.1) is 26.2 Å². The van der Waals surface area contributed by atoms with Gasteiger partial charge in [-0.1, -0.05) is 0 Å². The summed E-state index contributed by atoms with van der Waals surface area (Å²) in [7, 11) is 2.65. The molecule has 1 aromatic rings. The van der Waals surface area contributed by atoms with Crippen LogP contribution in [0.2, 0.25) is 0 Å². The maximum absolute atomic E-state index is 12.1. The molecule has 0 unspecified atom stereocenters. The first-order valence-electron chi connectivity index (χ1n) is 5.15. The van der Waals surface area contributed by atoms with Crippen molar-refractivity contribution in [3.8, 4) is 11.5 Å².